The zero-order valence-electron chi connectivity index (χ0n) is 11.7. The fourth-order valence-electron chi connectivity index (χ4n) is 3.06. The molecule has 0 unspecified atom stereocenters. The molecule has 0 saturated heterocycles. The van der Waals surface area contributed by atoms with Crippen molar-refractivity contribution in [1.82, 2.24) is 0 Å². The van der Waals surface area contributed by atoms with Crippen LogP contribution < -0.4 is 0 Å². The lowest BCUT2D eigenvalue weighted by Gasteiger charge is -2.34. The normalized spacial score (nSPS) is 33.1. The number of carbonyl (C=O) groups excluding carboxylic acids is 1. The van der Waals surface area contributed by atoms with Crippen molar-refractivity contribution in [2.24, 2.45) is 11.3 Å². The summed E-state index contributed by atoms with van der Waals surface area (Å²) in [5, 5.41) is 9.43. The molecule has 0 aromatic heterocycles. The van der Waals surface area contributed by atoms with Crippen LogP contribution in [0.1, 0.15) is 65.2 Å². The van der Waals surface area contributed by atoms with Crippen molar-refractivity contribution < 1.29 is 14.6 Å². The summed E-state index contributed by atoms with van der Waals surface area (Å²) in [5.41, 5.74) is 0.395. The highest BCUT2D eigenvalue weighted by Gasteiger charge is 2.33. The number of hydrogen-bond acceptors (Lipinski definition) is 3. The molecule has 3 nitrogen and oxygen atoms in total. The fraction of sp³-hybridized carbons (Fsp3) is 0.933. The number of aliphatic hydroxyl groups is 1. The quantitative estimate of drug-likeness (QED) is 0.770. The zero-order chi connectivity index (χ0) is 13.2. The van der Waals surface area contributed by atoms with E-state index >= 15 is 0 Å². The third kappa shape index (κ3) is 3.71. The number of ether oxygens (including phenoxy) is 1. The van der Waals surface area contributed by atoms with Gasteiger partial charge in [0.2, 0.25) is 0 Å². The Morgan fingerprint density at radius 1 is 1.06 bits per heavy atom. The molecule has 0 aromatic carbocycles. The lowest BCUT2D eigenvalue weighted by molar-refractivity contribution is -0.158. The number of esters is 1. The van der Waals surface area contributed by atoms with Gasteiger partial charge in [-0.1, -0.05) is 13.8 Å². The molecule has 0 aromatic rings. The predicted octanol–water partition coefficient (Wildman–Crippen LogP) is 3.05. The molecule has 18 heavy (non-hydrogen) atoms. The van der Waals surface area contributed by atoms with E-state index in [9.17, 15) is 9.90 Å². The van der Waals surface area contributed by atoms with Crippen molar-refractivity contribution in [2.45, 2.75) is 77.4 Å². The minimum absolute atomic E-state index is 0.00638. The van der Waals surface area contributed by atoms with Gasteiger partial charge in [-0.15, -0.1) is 0 Å². The summed E-state index contributed by atoms with van der Waals surface area (Å²) in [5.74, 6) is 0.122. The van der Waals surface area contributed by atoms with E-state index in [-0.39, 0.29) is 24.1 Å². The van der Waals surface area contributed by atoms with E-state index in [1.54, 1.807) is 0 Å². The molecule has 0 bridgehead atoms. The minimum Gasteiger partial charge on any atom is -0.462 e. The second kappa shape index (κ2) is 5.60. The second-order valence-electron chi connectivity index (χ2n) is 6.81. The Balaban J connectivity index is 1.75. The van der Waals surface area contributed by atoms with E-state index < -0.39 is 0 Å². The molecule has 0 heterocycles. The van der Waals surface area contributed by atoms with E-state index in [0.717, 1.165) is 51.4 Å². The number of aliphatic hydroxyl groups excluding tert-OH is 1. The van der Waals surface area contributed by atoms with Crippen molar-refractivity contribution in [3.8, 4) is 0 Å². The summed E-state index contributed by atoms with van der Waals surface area (Å²) in [6.45, 7) is 4.55. The molecular formula is C15H26O3. The summed E-state index contributed by atoms with van der Waals surface area (Å²) in [6, 6.07) is 0. The Labute approximate surface area is 110 Å². The third-order valence-corrected chi connectivity index (χ3v) is 4.60. The Bertz CT molecular complexity index is 280. The van der Waals surface area contributed by atoms with Crippen LogP contribution in [-0.2, 0) is 9.53 Å². The molecule has 2 fully saturated rings. The largest absolute Gasteiger partial charge is 0.462 e. The van der Waals surface area contributed by atoms with Crippen molar-refractivity contribution in [3.05, 3.63) is 0 Å². The first-order valence-electron chi connectivity index (χ1n) is 7.35. The molecule has 2 aliphatic rings. The van der Waals surface area contributed by atoms with Crippen molar-refractivity contribution in [2.75, 3.05) is 0 Å². The van der Waals surface area contributed by atoms with Crippen LogP contribution in [0.4, 0.5) is 0 Å². The average molecular weight is 254 g/mol. The van der Waals surface area contributed by atoms with Gasteiger partial charge in [0, 0.05) is 0 Å². The van der Waals surface area contributed by atoms with Crippen molar-refractivity contribution >= 4 is 5.97 Å². The summed E-state index contributed by atoms with van der Waals surface area (Å²) in [7, 11) is 0. The van der Waals surface area contributed by atoms with Gasteiger partial charge in [0.25, 0.3) is 0 Å². The van der Waals surface area contributed by atoms with Gasteiger partial charge in [0.15, 0.2) is 0 Å². The Hall–Kier alpha value is -0.570. The first kappa shape index (κ1) is 13.9. The van der Waals surface area contributed by atoms with Crippen molar-refractivity contribution in [1.29, 1.82) is 0 Å². The molecule has 0 radical (unpaired) electrons. The fourth-order valence-corrected chi connectivity index (χ4v) is 3.06. The highest BCUT2D eigenvalue weighted by atomic mass is 16.5. The molecular weight excluding hydrogens is 228 g/mol. The molecule has 0 spiro atoms. The van der Waals surface area contributed by atoms with Crippen LogP contribution >= 0.6 is 0 Å². The smallest absolute Gasteiger partial charge is 0.309 e. The molecule has 1 N–H and O–H groups in total. The van der Waals surface area contributed by atoms with Crippen LogP contribution in [-0.4, -0.2) is 23.3 Å². The van der Waals surface area contributed by atoms with Gasteiger partial charge in [0.05, 0.1) is 12.0 Å². The van der Waals surface area contributed by atoms with E-state index in [1.807, 2.05) is 0 Å². The average Bonchev–Trinajstić information content (AvgIpc) is 2.32. The maximum absolute atomic E-state index is 12.1. The molecule has 2 aliphatic carbocycles. The van der Waals surface area contributed by atoms with Crippen LogP contribution in [0.2, 0.25) is 0 Å². The maximum Gasteiger partial charge on any atom is 0.309 e. The van der Waals surface area contributed by atoms with Crippen LogP contribution in [0.15, 0.2) is 0 Å². The number of rotatable bonds is 2. The summed E-state index contributed by atoms with van der Waals surface area (Å²) < 4.78 is 5.60. The SMILES string of the molecule is CC1(C)CCC(C(=O)OC2CCC(O)CC2)CC1. The standard InChI is InChI=1S/C15H26O3/c1-15(2)9-7-11(8-10-15)14(17)18-13-5-3-12(16)4-6-13/h11-13,16H,3-10H2,1-2H3. The van der Waals surface area contributed by atoms with Crippen LogP contribution in [0.3, 0.4) is 0 Å². The Morgan fingerprint density at radius 2 is 1.61 bits per heavy atom. The lowest BCUT2D eigenvalue weighted by Crippen LogP contribution is -2.32. The molecule has 2 rings (SSSR count). The first-order chi connectivity index (χ1) is 8.46. The molecule has 2 saturated carbocycles. The Kier molecular flexibility index (Phi) is 4.31. The molecule has 0 aliphatic heterocycles. The third-order valence-electron chi connectivity index (χ3n) is 4.60. The monoisotopic (exact) mass is 254 g/mol. The molecule has 0 atom stereocenters. The topological polar surface area (TPSA) is 46.5 Å². The molecule has 104 valence electrons. The highest BCUT2D eigenvalue weighted by molar-refractivity contribution is 5.72. The van der Waals surface area contributed by atoms with Gasteiger partial charge >= 0.3 is 5.97 Å². The van der Waals surface area contributed by atoms with Gasteiger partial charge in [-0.3, -0.25) is 4.79 Å². The predicted molar refractivity (Wildman–Crippen MR) is 70.1 cm³/mol. The van der Waals surface area contributed by atoms with E-state index in [0.29, 0.717) is 5.41 Å². The molecule has 3 heteroatoms. The van der Waals surface area contributed by atoms with E-state index in [4.69, 9.17) is 4.74 Å². The van der Waals surface area contributed by atoms with Crippen LogP contribution in [0.25, 0.3) is 0 Å². The van der Waals surface area contributed by atoms with Gasteiger partial charge in [-0.05, 0) is 56.8 Å². The van der Waals surface area contributed by atoms with E-state index in [2.05, 4.69) is 13.8 Å². The summed E-state index contributed by atoms with van der Waals surface area (Å²) >= 11 is 0. The van der Waals surface area contributed by atoms with Gasteiger partial charge in [-0.2, -0.15) is 0 Å². The van der Waals surface area contributed by atoms with Crippen LogP contribution in [0, 0.1) is 11.3 Å². The number of hydrogen-bond donors (Lipinski definition) is 1. The maximum atomic E-state index is 12.1. The zero-order valence-corrected chi connectivity index (χ0v) is 11.7. The lowest BCUT2D eigenvalue weighted by atomic mass is 9.73. The highest BCUT2D eigenvalue weighted by Crippen LogP contribution is 2.38. The second-order valence-corrected chi connectivity index (χ2v) is 6.81. The van der Waals surface area contributed by atoms with Gasteiger partial charge in [-0.25, -0.2) is 0 Å². The minimum atomic E-state index is -0.185. The van der Waals surface area contributed by atoms with Gasteiger partial charge < -0.3 is 9.84 Å². The summed E-state index contributed by atoms with van der Waals surface area (Å²) in [6.07, 6.45) is 7.25. The Morgan fingerprint density at radius 3 is 2.17 bits per heavy atom. The van der Waals surface area contributed by atoms with Crippen LogP contribution in [0.5, 0.6) is 0 Å². The van der Waals surface area contributed by atoms with Crippen molar-refractivity contribution in [3.63, 3.8) is 0 Å². The van der Waals surface area contributed by atoms with E-state index in [1.165, 1.54) is 0 Å². The number of carbonyl (C=O) groups is 1. The molecule has 0 amide bonds. The summed E-state index contributed by atoms with van der Waals surface area (Å²) in [4.78, 5) is 12.1. The first-order valence-corrected chi connectivity index (χ1v) is 7.35. The van der Waals surface area contributed by atoms with Gasteiger partial charge in [0.1, 0.15) is 6.10 Å².